The third kappa shape index (κ3) is 3.58. The SMILES string of the molecule is CC(=O)[C@@H]1C[C@@H]1c1cn(C)c2c(-c3noc(-c4ccc(OC(C)C)c(Cl)c4)n3)cccc12. The van der Waals surface area contributed by atoms with Crippen molar-refractivity contribution in [2.24, 2.45) is 13.0 Å². The van der Waals surface area contributed by atoms with E-state index in [1.807, 2.05) is 45.2 Å². The number of carbonyl (C=O) groups excluding carboxylic acids is 1. The van der Waals surface area contributed by atoms with E-state index in [2.05, 4.69) is 27.0 Å². The maximum Gasteiger partial charge on any atom is 0.258 e. The van der Waals surface area contributed by atoms with Gasteiger partial charge in [0.05, 0.1) is 16.6 Å². The number of carbonyl (C=O) groups is 1. The number of ketones is 1. The van der Waals surface area contributed by atoms with Crippen molar-refractivity contribution in [3.05, 3.63) is 53.2 Å². The van der Waals surface area contributed by atoms with E-state index in [9.17, 15) is 4.79 Å². The first kappa shape index (κ1) is 20.8. The van der Waals surface area contributed by atoms with Crippen LogP contribution in [0.25, 0.3) is 33.7 Å². The molecule has 4 aromatic rings. The van der Waals surface area contributed by atoms with Gasteiger partial charge in [-0.15, -0.1) is 0 Å². The molecule has 0 spiro atoms. The molecule has 0 unspecified atom stereocenters. The number of aryl methyl sites for hydroxylation is 1. The molecule has 32 heavy (non-hydrogen) atoms. The van der Waals surface area contributed by atoms with Gasteiger partial charge in [0.25, 0.3) is 5.89 Å². The summed E-state index contributed by atoms with van der Waals surface area (Å²) in [6.45, 7) is 5.58. The Bertz CT molecular complexity index is 1340. The van der Waals surface area contributed by atoms with Crippen LogP contribution in [0.15, 0.2) is 47.1 Å². The van der Waals surface area contributed by atoms with Crippen molar-refractivity contribution in [3.8, 4) is 28.6 Å². The molecule has 0 amide bonds. The molecule has 0 bridgehead atoms. The van der Waals surface area contributed by atoms with E-state index in [0.29, 0.717) is 28.4 Å². The number of aromatic nitrogens is 3. The molecule has 1 aliphatic carbocycles. The van der Waals surface area contributed by atoms with Crippen LogP contribution in [0.1, 0.15) is 38.7 Å². The zero-order valence-corrected chi connectivity index (χ0v) is 19.2. The lowest BCUT2D eigenvalue weighted by molar-refractivity contribution is -0.118. The number of hydrogen-bond donors (Lipinski definition) is 0. The van der Waals surface area contributed by atoms with Crippen molar-refractivity contribution in [1.82, 2.24) is 14.7 Å². The van der Waals surface area contributed by atoms with Crippen molar-refractivity contribution in [3.63, 3.8) is 0 Å². The van der Waals surface area contributed by atoms with Crippen LogP contribution >= 0.6 is 11.6 Å². The van der Waals surface area contributed by atoms with Gasteiger partial charge in [-0.1, -0.05) is 28.9 Å². The standard InChI is InChI=1S/C25H24ClN3O3/c1-13(2)31-22-9-8-15(10-21(22)26)25-27-24(28-32-25)17-7-5-6-16-20(12-29(4)23(16)17)19-11-18(19)14(3)30/h5-10,12-13,18-19H,11H2,1-4H3/t18-,19-/m0/s1. The van der Waals surface area contributed by atoms with Crippen LogP contribution in [-0.4, -0.2) is 26.6 Å². The summed E-state index contributed by atoms with van der Waals surface area (Å²) in [6.07, 6.45) is 3.07. The van der Waals surface area contributed by atoms with Gasteiger partial charge in [0.1, 0.15) is 11.5 Å². The number of fused-ring (bicyclic) bond motifs is 1. The predicted molar refractivity (Wildman–Crippen MR) is 124 cm³/mol. The molecule has 7 heteroatoms. The van der Waals surface area contributed by atoms with Gasteiger partial charge in [-0.2, -0.15) is 4.98 Å². The molecule has 2 aromatic heterocycles. The van der Waals surface area contributed by atoms with Crippen LogP contribution in [0.3, 0.4) is 0 Å². The van der Waals surface area contributed by atoms with Gasteiger partial charge in [-0.05, 0) is 62.9 Å². The summed E-state index contributed by atoms with van der Waals surface area (Å²) in [5.41, 5.74) is 3.85. The minimum absolute atomic E-state index is 0.0328. The Balaban J connectivity index is 1.51. The average Bonchev–Trinajstić information content (AvgIpc) is 3.27. The quantitative estimate of drug-likeness (QED) is 0.359. The molecular formula is C25H24ClN3O3. The predicted octanol–water partition coefficient (Wildman–Crippen LogP) is 6.03. The molecule has 2 heterocycles. The van der Waals surface area contributed by atoms with Gasteiger partial charge in [0.15, 0.2) is 0 Å². The molecule has 1 saturated carbocycles. The van der Waals surface area contributed by atoms with Gasteiger partial charge in [0.2, 0.25) is 5.82 Å². The number of Topliss-reactive ketones (excluding diaryl/α,β-unsaturated/α-hetero) is 1. The third-order valence-electron chi connectivity index (χ3n) is 5.95. The Hall–Kier alpha value is -3.12. The summed E-state index contributed by atoms with van der Waals surface area (Å²) < 4.78 is 13.4. The number of rotatable bonds is 6. The highest BCUT2D eigenvalue weighted by molar-refractivity contribution is 6.32. The van der Waals surface area contributed by atoms with Gasteiger partial charge in [-0.25, -0.2) is 0 Å². The van der Waals surface area contributed by atoms with Crippen LogP contribution < -0.4 is 4.74 Å². The highest BCUT2D eigenvalue weighted by Gasteiger charge is 2.43. The fourth-order valence-corrected chi connectivity index (χ4v) is 4.62. The van der Waals surface area contributed by atoms with Gasteiger partial charge in [-0.3, -0.25) is 4.79 Å². The smallest absolute Gasteiger partial charge is 0.258 e. The second-order valence-electron chi connectivity index (χ2n) is 8.69. The lowest BCUT2D eigenvalue weighted by Gasteiger charge is -2.11. The molecule has 2 atom stereocenters. The van der Waals surface area contributed by atoms with Crippen LogP contribution in [0.2, 0.25) is 5.02 Å². The molecule has 5 rings (SSSR count). The molecule has 0 saturated heterocycles. The van der Waals surface area contributed by atoms with Gasteiger partial charge in [0, 0.05) is 35.7 Å². The minimum Gasteiger partial charge on any atom is -0.489 e. The highest BCUT2D eigenvalue weighted by Crippen LogP contribution is 2.51. The molecule has 0 N–H and O–H groups in total. The first-order valence-electron chi connectivity index (χ1n) is 10.7. The van der Waals surface area contributed by atoms with E-state index in [4.69, 9.17) is 20.9 Å². The van der Waals surface area contributed by atoms with E-state index >= 15 is 0 Å². The fourth-order valence-electron chi connectivity index (χ4n) is 4.40. The fraction of sp³-hybridized carbons (Fsp3) is 0.320. The average molecular weight is 450 g/mol. The van der Waals surface area contributed by atoms with Crippen LogP contribution in [0.5, 0.6) is 5.75 Å². The summed E-state index contributed by atoms with van der Waals surface area (Å²) in [6, 6.07) is 11.5. The molecule has 2 aromatic carbocycles. The summed E-state index contributed by atoms with van der Waals surface area (Å²) >= 11 is 6.38. The Morgan fingerprint density at radius 1 is 1.28 bits per heavy atom. The zero-order valence-electron chi connectivity index (χ0n) is 18.4. The summed E-state index contributed by atoms with van der Waals surface area (Å²) in [7, 11) is 2.01. The number of para-hydroxylation sites is 1. The summed E-state index contributed by atoms with van der Waals surface area (Å²) in [5.74, 6) is 2.21. The summed E-state index contributed by atoms with van der Waals surface area (Å²) in [4.78, 5) is 16.4. The maximum atomic E-state index is 11.8. The van der Waals surface area contributed by atoms with Crippen molar-refractivity contribution in [2.45, 2.75) is 39.2 Å². The third-order valence-corrected chi connectivity index (χ3v) is 6.25. The molecule has 0 radical (unpaired) electrons. The van der Waals surface area contributed by atoms with E-state index < -0.39 is 0 Å². The Labute approximate surface area is 191 Å². The number of nitrogens with zero attached hydrogens (tertiary/aromatic N) is 3. The van der Waals surface area contributed by atoms with E-state index in [1.165, 1.54) is 5.56 Å². The van der Waals surface area contributed by atoms with Gasteiger partial charge < -0.3 is 13.8 Å². The first-order chi connectivity index (χ1) is 15.3. The van der Waals surface area contributed by atoms with Gasteiger partial charge >= 0.3 is 0 Å². The molecule has 164 valence electrons. The molecule has 1 fully saturated rings. The lowest BCUT2D eigenvalue weighted by atomic mass is 10.0. The summed E-state index contributed by atoms with van der Waals surface area (Å²) in [5, 5.41) is 5.86. The largest absolute Gasteiger partial charge is 0.489 e. The molecule has 6 nitrogen and oxygen atoms in total. The number of benzene rings is 2. The highest BCUT2D eigenvalue weighted by atomic mass is 35.5. The maximum absolute atomic E-state index is 11.8. The lowest BCUT2D eigenvalue weighted by Crippen LogP contribution is -2.05. The van der Waals surface area contributed by atoms with Crippen molar-refractivity contribution in [1.29, 1.82) is 0 Å². The topological polar surface area (TPSA) is 70.2 Å². The molecular weight excluding hydrogens is 426 g/mol. The van der Waals surface area contributed by atoms with Crippen LogP contribution in [0.4, 0.5) is 0 Å². The van der Waals surface area contributed by atoms with E-state index in [0.717, 1.165) is 28.5 Å². The van der Waals surface area contributed by atoms with Crippen molar-refractivity contribution in [2.75, 3.05) is 0 Å². The number of hydrogen-bond acceptors (Lipinski definition) is 5. The first-order valence-corrected chi connectivity index (χ1v) is 11.1. The monoisotopic (exact) mass is 449 g/mol. The number of halogens is 1. The minimum atomic E-state index is 0.0328. The second kappa shape index (κ2) is 7.78. The van der Waals surface area contributed by atoms with Crippen LogP contribution in [0, 0.1) is 5.92 Å². The Morgan fingerprint density at radius 3 is 2.78 bits per heavy atom. The van der Waals surface area contributed by atoms with E-state index in [-0.39, 0.29) is 17.8 Å². The van der Waals surface area contributed by atoms with Crippen LogP contribution in [-0.2, 0) is 11.8 Å². The normalized spacial score (nSPS) is 17.8. The van der Waals surface area contributed by atoms with E-state index in [1.54, 1.807) is 13.0 Å². The molecule has 1 aliphatic rings. The Kier molecular flexibility index (Phi) is 5.05. The molecule has 0 aliphatic heterocycles. The number of ether oxygens (including phenoxy) is 1. The van der Waals surface area contributed by atoms with Crippen molar-refractivity contribution >= 4 is 28.3 Å². The zero-order chi connectivity index (χ0) is 22.6. The van der Waals surface area contributed by atoms with Crippen molar-refractivity contribution < 1.29 is 14.1 Å². The second-order valence-corrected chi connectivity index (χ2v) is 9.10. The Morgan fingerprint density at radius 2 is 2.09 bits per heavy atom.